The van der Waals surface area contributed by atoms with E-state index in [0.29, 0.717) is 6.54 Å². The highest BCUT2D eigenvalue weighted by molar-refractivity contribution is 7.89. The number of likely N-dealkylation sites (tertiary alicyclic amines) is 1. The van der Waals surface area contributed by atoms with Crippen molar-refractivity contribution in [2.75, 3.05) is 13.1 Å². The number of hydrogen-bond acceptors (Lipinski definition) is 3. The topological polar surface area (TPSA) is 63.4 Å². The molecule has 5 heteroatoms. The summed E-state index contributed by atoms with van der Waals surface area (Å²) in [6, 6.07) is 6.95. The van der Waals surface area contributed by atoms with Crippen molar-refractivity contribution in [3.8, 4) is 0 Å². The molecule has 2 rings (SSSR count). The molecule has 16 heavy (non-hydrogen) atoms. The van der Waals surface area contributed by atoms with Crippen LogP contribution in [0.25, 0.3) is 0 Å². The fraction of sp³-hybridized carbons (Fsp3) is 0.455. The van der Waals surface area contributed by atoms with Gasteiger partial charge in [-0.25, -0.2) is 13.6 Å². The van der Waals surface area contributed by atoms with Crippen LogP contribution in [0.4, 0.5) is 0 Å². The number of hydrogen-bond donors (Lipinski definition) is 1. The lowest BCUT2D eigenvalue weighted by Crippen LogP contribution is -2.21. The minimum atomic E-state index is -3.60. The van der Waals surface area contributed by atoms with Gasteiger partial charge in [0, 0.05) is 6.54 Å². The van der Waals surface area contributed by atoms with Crippen LogP contribution in [0.3, 0.4) is 0 Å². The molecule has 0 aromatic heterocycles. The average Bonchev–Trinajstić information content (AvgIpc) is 2.70. The van der Waals surface area contributed by atoms with E-state index in [1.54, 1.807) is 12.1 Å². The summed E-state index contributed by atoms with van der Waals surface area (Å²) >= 11 is 0. The fourth-order valence-corrected chi connectivity index (χ4v) is 2.86. The molecule has 0 aliphatic carbocycles. The molecule has 88 valence electrons. The minimum absolute atomic E-state index is 0.252. The molecule has 1 fully saturated rings. The van der Waals surface area contributed by atoms with Crippen LogP contribution in [0.1, 0.15) is 18.4 Å². The molecule has 1 aromatic carbocycles. The number of nitrogens with two attached hydrogens (primary N) is 1. The molecule has 0 atom stereocenters. The second-order valence-corrected chi connectivity index (χ2v) is 5.67. The summed E-state index contributed by atoms with van der Waals surface area (Å²) in [5.74, 6) is 0. The van der Waals surface area contributed by atoms with E-state index >= 15 is 0 Å². The van der Waals surface area contributed by atoms with Gasteiger partial charge in [0.1, 0.15) is 0 Å². The van der Waals surface area contributed by atoms with E-state index in [0.717, 1.165) is 18.7 Å². The zero-order valence-electron chi connectivity index (χ0n) is 9.09. The van der Waals surface area contributed by atoms with Crippen molar-refractivity contribution in [1.82, 2.24) is 4.90 Å². The van der Waals surface area contributed by atoms with Gasteiger partial charge in [-0.2, -0.15) is 0 Å². The zero-order valence-corrected chi connectivity index (χ0v) is 9.91. The van der Waals surface area contributed by atoms with Gasteiger partial charge in [-0.15, -0.1) is 0 Å². The van der Waals surface area contributed by atoms with E-state index in [4.69, 9.17) is 5.14 Å². The summed E-state index contributed by atoms with van der Waals surface area (Å²) in [6.07, 6.45) is 2.38. The fourth-order valence-electron chi connectivity index (χ4n) is 2.09. The lowest BCUT2D eigenvalue weighted by Gasteiger charge is -2.16. The molecule has 1 heterocycles. The van der Waals surface area contributed by atoms with Crippen molar-refractivity contribution >= 4 is 10.0 Å². The Morgan fingerprint density at radius 2 is 1.81 bits per heavy atom. The standard InChI is InChI=1S/C11H16N2O2S/c12-16(14,15)11-6-2-1-5-10(11)9-13-7-3-4-8-13/h1-2,5-6H,3-4,7-9H2,(H2,12,14,15). The summed E-state index contributed by atoms with van der Waals surface area (Å²) in [5, 5.41) is 5.19. The number of sulfonamides is 1. The highest BCUT2D eigenvalue weighted by Crippen LogP contribution is 2.18. The Kier molecular flexibility index (Phi) is 3.28. The summed E-state index contributed by atoms with van der Waals surface area (Å²) in [7, 11) is -3.60. The molecule has 1 aromatic rings. The highest BCUT2D eigenvalue weighted by Gasteiger charge is 2.17. The zero-order chi connectivity index (χ0) is 11.6. The van der Waals surface area contributed by atoms with Crippen LogP contribution in [0.15, 0.2) is 29.2 Å². The van der Waals surface area contributed by atoms with Gasteiger partial charge in [0.2, 0.25) is 10.0 Å². The van der Waals surface area contributed by atoms with Gasteiger partial charge in [0.05, 0.1) is 4.90 Å². The van der Waals surface area contributed by atoms with Crippen molar-refractivity contribution in [2.45, 2.75) is 24.3 Å². The van der Waals surface area contributed by atoms with Gasteiger partial charge >= 0.3 is 0 Å². The molecular formula is C11H16N2O2S. The van der Waals surface area contributed by atoms with Crippen molar-refractivity contribution in [3.05, 3.63) is 29.8 Å². The Morgan fingerprint density at radius 1 is 1.19 bits per heavy atom. The molecule has 0 amide bonds. The third-order valence-electron chi connectivity index (χ3n) is 2.87. The third-order valence-corrected chi connectivity index (χ3v) is 3.88. The monoisotopic (exact) mass is 240 g/mol. The van der Waals surface area contributed by atoms with Gasteiger partial charge in [-0.1, -0.05) is 18.2 Å². The summed E-state index contributed by atoms with van der Waals surface area (Å²) in [5.41, 5.74) is 0.798. The quantitative estimate of drug-likeness (QED) is 0.855. The Balaban J connectivity index is 2.26. The minimum Gasteiger partial charge on any atom is -0.299 e. The molecule has 1 aliphatic rings. The SMILES string of the molecule is NS(=O)(=O)c1ccccc1CN1CCCC1. The lowest BCUT2D eigenvalue weighted by atomic mass is 10.2. The molecule has 1 saturated heterocycles. The maximum atomic E-state index is 11.4. The normalized spacial score (nSPS) is 17.8. The van der Waals surface area contributed by atoms with Crippen LogP contribution < -0.4 is 5.14 Å². The van der Waals surface area contributed by atoms with Gasteiger partial charge in [-0.05, 0) is 37.6 Å². The number of rotatable bonds is 3. The first-order valence-corrected chi connectivity index (χ1v) is 6.95. The van der Waals surface area contributed by atoms with Crippen LogP contribution in [0.2, 0.25) is 0 Å². The van der Waals surface area contributed by atoms with Crippen molar-refractivity contribution < 1.29 is 8.42 Å². The summed E-state index contributed by atoms with van der Waals surface area (Å²) in [6.45, 7) is 2.75. The number of nitrogens with zero attached hydrogens (tertiary/aromatic N) is 1. The smallest absolute Gasteiger partial charge is 0.238 e. The van der Waals surface area contributed by atoms with Crippen LogP contribution in [0, 0.1) is 0 Å². The lowest BCUT2D eigenvalue weighted by molar-refractivity contribution is 0.328. The molecular weight excluding hydrogens is 224 g/mol. The molecule has 0 spiro atoms. The Hall–Kier alpha value is -0.910. The first kappa shape index (κ1) is 11.6. The van der Waals surface area contributed by atoms with Gasteiger partial charge in [-0.3, -0.25) is 4.90 Å². The largest absolute Gasteiger partial charge is 0.299 e. The first-order chi connectivity index (χ1) is 7.57. The van der Waals surface area contributed by atoms with Crippen LogP contribution >= 0.6 is 0 Å². The second kappa shape index (κ2) is 4.53. The van der Waals surface area contributed by atoms with Crippen molar-refractivity contribution in [3.63, 3.8) is 0 Å². The highest BCUT2D eigenvalue weighted by atomic mass is 32.2. The first-order valence-electron chi connectivity index (χ1n) is 5.40. The van der Waals surface area contributed by atoms with E-state index in [1.165, 1.54) is 12.8 Å². The molecule has 0 bridgehead atoms. The maximum Gasteiger partial charge on any atom is 0.238 e. The predicted molar refractivity (Wildman–Crippen MR) is 62.3 cm³/mol. The van der Waals surface area contributed by atoms with E-state index in [-0.39, 0.29) is 4.90 Å². The molecule has 4 nitrogen and oxygen atoms in total. The van der Waals surface area contributed by atoms with Gasteiger partial charge in [0.15, 0.2) is 0 Å². The number of benzene rings is 1. The van der Waals surface area contributed by atoms with Crippen LogP contribution in [-0.2, 0) is 16.6 Å². The maximum absolute atomic E-state index is 11.4. The van der Waals surface area contributed by atoms with Crippen molar-refractivity contribution in [2.24, 2.45) is 5.14 Å². The number of primary sulfonamides is 1. The van der Waals surface area contributed by atoms with E-state index in [1.807, 2.05) is 12.1 Å². The van der Waals surface area contributed by atoms with Crippen LogP contribution in [-0.4, -0.2) is 26.4 Å². The predicted octanol–water partition coefficient (Wildman–Crippen LogP) is 0.930. The summed E-state index contributed by atoms with van der Waals surface area (Å²) in [4.78, 5) is 2.51. The van der Waals surface area contributed by atoms with E-state index in [9.17, 15) is 8.42 Å². The van der Waals surface area contributed by atoms with Gasteiger partial charge < -0.3 is 0 Å². The molecule has 1 aliphatic heterocycles. The molecule has 0 radical (unpaired) electrons. The summed E-state index contributed by atoms with van der Waals surface area (Å²) < 4.78 is 22.8. The molecule has 0 saturated carbocycles. The van der Waals surface area contributed by atoms with Gasteiger partial charge in [0.25, 0.3) is 0 Å². The Morgan fingerprint density at radius 3 is 2.44 bits per heavy atom. The van der Waals surface area contributed by atoms with Crippen LogP contribution in [0.5, 0.6) is 0 Å². The molecule has 2 N–H and O–H groups in total. The van der Waals surface area contributed by atoms with E-state index < -0.39 is 10.0 Å². The Labute approximate surface area is 96.1 Å². The van der Waals surface area contributed by atoms with E-state index in [2.05, 4.69) is 4.90 Å². The second-order valence-electron chi connectivity index (χ2n) is 4.14. The van der Waals surface area contributed by atoms with Crippen molar-refractivity contribution in [1.29, 1.82) is 0 Å². The molecule has 0 unspecified atom stereocenters. The average molecular weight is 240 g/mol. The Bertz CT molecular complexity index is 465. The third kappa shape index (κ3) is 2.61.